The van der Waals surface area contributed by atoms with Crippen molar-refractivity contribution in [1.29, 1.82) is 0 Å². The molecule has 78 valence electrons. The SMILES string of the molecule is CCCC/C=C/C(C)C(CC)CC. The van der Waals surface area contributed by atoms with Crippen LogP contribution in [0.25, 0.3) is 0 Å². The summed E-state index contributed by atoms with van der Waals surface area (Å²) in [6.07, 6.45) is 11.3. The molecule has 0 saturated heterocycles. The molecule has 0 aromatic carbocycles. The Kier molecular flexibility index (Phi) is 8.18. The average molecular weight is 182 g/mol. The summed E-state index contributed by atoms with van der Waals surface area (Å²) < 4.78 is 0. The van der Waals surface area contributed by atoms with Crippen LogP contribution in [0.3, 0.4) is 0 Å². The van der Waals surface area contributed by atoms with Gasteiger partial charge in [0, 0.05) is 0 Å². The fourth-order valence-electron chi connectivity index (χ4n) is 1.82. The minimum Gasteiger partial charge on any atom is -0.0883 e. The molecule has 0 amide bonds. The summed E-state index contributed by atoms with van der Waals surface area (Å²) in [6.45, 7) is 9.19. The molecule has 0 heterocycles. The molecule has 0 bridgehead atoms. The van der Waals surface area contributed by atoms with Gasteiger partial charge in [0.2, 0.25) is 0 Å². The van der Waals surface area contributed by atoms with Crippen molar-refractivity contribution in [3.8, 4) is 0 Å². The van der Waals surface area contributed by atoms with Crippen LogP contribution in [0.1, 0.15) is 59.8 Å². The van der Waals surface area contributed by atoms with Crippen LogP contribution in [0.5, 0.6) is 0 Å². The Morgan fingerprint density at radius 1 is 1.08 bits per heavy atom. The minimum atomic E-state index is 0.770. The van der Waals surface area contributed by atoms with E-state index in [4.69, 9.17) is 0 Å². The molecule has 0 aliphatic carbocycles. The van der Waals surface area contributed by atoms with E-state index in [0.29, 0.717) is 0 Å². The third kappa shape index (κ3) is 5.90. The summed E-state index contributed by atoms with van der Waals surface area (Å²) in [5, 5.41) is 0. The van der Waals surface area contributed by atoms with Crippen LogP contribution in [-0.4, -0.2) is 0 Å². The van der Waals surface area contributed by atoms with Gasteiger partial charge in [0.1, 0.15) is 0 Å². The largest absolute Gasteiger partial charge is 0.0883 e. The van der Waals surface area contributed by atoms with Crippen LogP contribution in [-0.2, 0) is 0 Å². The first-order valence-electron chi connectivity index (χ1n) is 5.92. The molecule has 0 spiro atoms. The molecule has 0 aromatic rings. The normalized spacial score (nSPS) is 14.2. The highest BCUT2D eigenvalue weighted by Gasteiger charge is 2.09. The lowest BCUT2D eigenvalue weighted by Gasteiger charge is -2.17. The fourth-order valence-corrected chi connectivity index (χ4v) is 1.82. The minimum absolute atomic E-state index is 0.770. The topological polar surface area (TPSA) is 0 Å². The van der Waals surface area contributed by atoms with Gasteiger partial charge in [-0.3, -0.25) is 0 Å². The maximum absolute atomic E-state index is 2.41. The van der Waals surface area contributed by atoms with Crippen LogP contribution < -0.4 is 0 Å². The molecule has 0 aromatic heterocycles. The van der Waals surface area contributed by atoms with E-state index < -0.39 is 0 Å². The molecular weight excluding hydrogens is 156 g/mol. The summed E-state index contributed by atoms with van der Waals surface area (Å²) in [5.41, 5.74) is 0. The standard InChI is InChI=1S/C13H26/c1-5-8-9-10-11-12(4)13(6-2)7-3/h10-13H,5-9H2,1-4H3/b11-10+. The fraction of sp³-hybridized carbons (Fsp3) is 0.846. The van der Waals surface area contributed by atoms with Crippen molar-refractivity contribution >= 4 is 0 Å². The second-order valence-electron chi connectivity index (χ2n) is 4.01. The van der Waals surface area contributed by atoms with Crippen molar-refractivity contribution in [1.82, 2.24) is 0 Å². The van der Waals surface area contributed by atoms with E-state index in [1.807, 2.05) is 0 Å². The van der Waals surface area contributed by atoms with Crippen molar-refractivity contribution in [2.75, 3.05) is 0 Å². The third-order valence-corrected chi connectivity index (χ3v) is 2.96. The molecule has 0 saturated carbocycles. The molecule has 0 nitrogen and oxygen atoms in total. The van der Waals surface area contributed by atoms with Crippen molar-refractivity contribution in [3.05, 3.63) is 12.2 Å². The average Bonchev–Trinajstić information content (AvgIpc) is 2.14. The Labute approximate surface area is 84.4 Å². The van der Waals surface area contributed by atoms with Gasteiger partial charge < -0.3 is 0 Å². The van der Waals surface area contributed by atoms with Gasteiger partial charge in [0.25, 0.3) is 0 Å². The lowest BCUT2D eigenvalue weighted by atomic mass is 9.89. The van der Waals surface area contributed by atoms with Crippen LogP contribution >= 0.6 is 0 Å². The van der Waals surface area contributed by atoms with Crippen molar-refractivity contribution in [2.45, 2.75) is 59.8 Å². The summed E-state index contributed by atoms with van der Waals surface area (Å²) in [6, 6.07) is 0. The van der Waals surface area contributed by atoms with Gasteiger partial charge in [0.15, 0.2) is 0 Å². The highest BCUT2D eigenvalue weighted by molar-refractivity contribution is 4.88. The molecule has 0 N–H and O–H groups in total. The molecule has 1 unspecified atom stereocenters. The zero-order valence-corrected chi connectivity index (χ0v) is 9.84. The molecule has 0 heteroatoms. The van der Waals surface area contributed by atoms with E-state index in [-0.39, 0.29) is 0 Å². The van der Waals surface area contributed by atoms with Gasteiger partial charge in [-0.05, 0) is 18.3 Å². The molecule has 1 atom stereocenters. The summed E-state index contributed by atoms with van der Waals surface area (Å²) in [4.78, 5) is 0. The Balaban J connectivity index is 3.69. The van der Waals surface area contributed by atoms with Gasteiger partial charge in [-0.2, -0.15) is 0 Å². The lowest BCUT2D eigenvalue weighted by Crippen LogP contribution is -2.06. The first-order valence-corrected chi connectivity index (χ1v) is 5.92. The van der Waals surface area contributed by atoms with Gasteiger partial charge in [-0.25, -0.2) is 0 Å². The number of unbranched alkanes of at least 4 members (excludes halogenated alkanes) is 2. The van der Waals surface area contributed by atoms with E-state index in [0.717, 1.165) is 11.8 Å². The van der Waals surface area contributed by atoms with Crippen LogP contribution in [0.4, 0.5) is 0 Å². The Hall–Kier alpha value is -0.260. The van der Waals surface area contributed by atoms with Crippen molar-refractivity contribution < 1.29 is 0 Å². The van der Waals surface area contributed by atoms with E-state index in [2.05, 4.69) is 39.8 Å². The predicted molar refractivity (Wildman–Crippen MR) is 61.9 cm³/mol. The first-order chi connectivity index (χ1) is 6.26. The lowest BCUT2D eigenvalue weighted by molar-refractivity contribution is 0.394. The Morgan fingerprint density at radius 3 is 2.15 bits per heavy atom. The summed E-state index contributed by atoms with van der Waals surface area (Å²) in [5.74, 6) is 1.66. The van der Waals surface area contributed by atoms with Crippen LogP contribution in [0.2, 0.25) is 0 Å². The first kappa shape index (κ1) is 12.7. The zero-order valence-electron chi connectivity index (χ0n) is 9.84. The van der Waals surface area contributed by atoms with E-state index in [1.54, 1.807) is 0 Å². The number of hydrogen-bond acceptors (Lipinski definition) is 0. The van der Waals surface area contributed by atoms with Crippen LogP contribution in [0, 0.1) is 11.8 Å². The van der Waals surface area contributed by atoms with E-state index >= 15 is 0 Å². The Bertz CT molecular complexity index is 120. The van der Waals surface area contributed by atoms with E-state index in [9.17, 15) is 0 Å². The van der Waals surface area contributed by atoms with Crippen molar-refractivity contribution in [3.63, 3.8) is 0 Å². The molecular formula is C13H26. The summed E-state index contributed by atoms with van der Waals surface area (Å²) in [7, 11) is 0. The van der Waals surface area contributed by atoms with Gasteiger partial charge in [-0.15, -0.1) is 0 Å². The second kappa shape index (κ2) is 8.34. The maximum atomic E-state index is 2.41. The van der Waals surface area contributed by atoms with Crippen LogP contribution in [0.15, 0.2) is 12.2 Å². The maximum Gasteiger partial charge on any atom is -0.0234 e. The molecule has 0 radical (unpaired) electrons. The molecule has 0 aliphatic heterocycles. The van der Waals surface area contributed by atoms with Gasteiger partial charge in [-0.1, -0.05) is 65.5 Å². The van der Waals surface area contributed by atoms with E-state index in [1.165, 1.54) is 32.1 Å². The Morgan fingerprint density at radius 2 is 1.69 bits per heavy atom. The third-order valence-electron chi connectivity index (χ3n) is 2.96. The smallest absolute Gasteiger partial charge is 0.0234 e. The van der Waals surface area contributed by atoms with Crippen molar-refractivity contribution in [2.24, 2.45) is 11.8 Å². The highest BCUT2D eigenvalue weighted by atomic mass is 14.1. The number of allylic oxidation sites excluding steroid dienone is 2. The highest BCUT2D eigenvalue weighted by Crippen LogP contribution is 2.20. The number of rotatable bonds is 7. The van der Waals surface area contributed by atoms with Gasteiger partial charge in [0.05, 0.1) is 0 Å². The second-order valence-corrected chi connectivity index (χ2v) is 4.01. The monoisotopic (exact) mass is 182 g/mol. The molecule has 0 rings (SSSR count). The summed E-state index contributed by atoms with van der Waals surface area (Å²) >= 11 is 0. The van der Waals surface area contributed by atoms with Gasteiger partial charge >= 0.3 is 0 Å². The quantitative estimate of drug-likeness (QED) is 0.392. The predicted octanol–water partition coefficient (Wildman–Crippen LogP) is 4.81. The molecule has 0 aliphatic rings. The molecule has 13 heavy (non-hydrogen) atoms. The number of hydrogen-bond donors (Lipinski definition) is 0. The zero-order chi connectivity index (χ0) is 10.1. The molecule has 0 fully saturated rings.